The maximum atomic E-state index is 12.2. The van der Waals surface area contributed by atoms with Gasteiger partial charge >= 0.3 is 6.01 Å². The number of hydrogen-bond donors (Lipinski definition) is 1. The molecule has 1 amide bonds. The number of carbonyl (C=O) groups is 1. The van der Waals surface area contributed by atoms with E-state index in [1.807, 2.05) is 24.3 Å². The van der Waals surface area contributed by atoms with Crippen molar-refractivity contribution < 1.29 is 9.21 Å². The number of nitrogens with zero attached hydrogens (tertiary/aromatic N) is 2. The van der Waals surface area contributed by atoms with Gasteiger partial charge in [-0.05, 0) is 42.5 Å². The summed E-state index contributed by atoms with van der Waals surface area (Å²) >= 11 is 15.2. The van der Waals surface area contributed by atoms with Gasteiger partial charge in [0, 0.05) is 15.1 Å². The number of carbonyl (C=O) groups excluding carboxylic acids is 1. The topological polar surface area (TPSA) is 68.0 Å². The molecule has 0 saturated carbocycles. The second-order valence-corrected chi connectivity index (χ2v) is 6.26. The Bertz CT molecular complexity index is 865. The molecule has 1 aromatic heterocycles. The van der Waals surface area contributed by atoms with Crippen molar-refractivity contribution >= 4 is 51.1 Å². The van der Waals surface area contributed by atoms with Gasteiger partial charge in [-0.25, -0.2) is 0 Å². The molecular weight excluding hydrogens is 405 g/mol. The zero-order valence-corrected chi connectivity index (χ0v) is 14.5. The molecule has 0 aliphatic rings. The van der Waals surface area contributed by atoms with Gasteiger partial charge in [-0.3, -0.25) is 10.1 Å². The van der Waals surface area contributed by atoms with E-state index in [4.69, 9.17) is 27.6 Å². The summed E-state index contributed by atoms with van der Waals surface area (Å²) in [5.41, 5.74) is 0.963. The van der Waals surface area contributed by atoms with E-state index in [1.165, 1.54) is 6.07 Å². The minimum absolute atomic E-state index is 0.0241. The second-order valence-electron chi connectivity index (χ2n) is 4.50. The first kappa shape index (κ1) is 16.0. The third-order valence-electron chi connectivity index (χ3n) is 2.91. The summed E-state index contributed by atoms with van der Waals surface area (Å²) in [6.45, 7) is 0. The van der Waals surface area contributed by atoms with E-state index in [9.17, 15) is 4.79 Å². The molecule has 0 bridgehead atoms. The molecule has 0 spiro atoms. The molecule has 0 unspecified atom stereocenters. The Hall–Kier alpha value is -1.89. The number of anilines is 1. The summed E-state index contributed by atoms with van der Waals surface area (Å²) in [6.07, 6.45) is 0. The van der Waals surface area contributed by atoms with Crippen molar-refractivity contribution in [1.29, 1.82) is 0 Å². The molecule has 1 heterocycles. The van der Waals surface area contributed by atoms with Crippen molar-refractivity contribution in [1.82, 2.24) is 10.2 Å². The molecule has 0 atom stereocenters. The Balaban J connectivity index is 1.80. The number of rotatable bonds is 3. The van der Waals surface area contributed by atoms with Gasteiger partial charge in [-0.15, -0.1) is 5.10 Å². The first-order chi connectivity index (χ1) is 11.0. The van der Waals surface area contributed by atoms with Crippen molar-refractivity contribution in [2.24, 2.45) is 0 Å². The molecule has 0 radical (unpaired) electrons. The molecule has 0 aliphatic carbocycles. The van der Waals surface area contributed by atoms with E-state index in [0.29, 0.717) is 10.9 Å². The average Bonchev–Trinajstić information content (AvgIpc) is 2.99. The second kappa shape index (κ2) is 6.70. The fourth-order valence-corrected chi connectivity index (χ4v) is 2.46. The van der Waals surface area contributed by atoms with Crippen LogP contribution in [0.25, 0.3) is 11.5 Å². The van der Waals surface area contributed by atoms with Crippen molar-refractivity contribution in [3.8, 4) is 11.5 Å². The highest BCUT2D eigenvalue weighted by Gasteiger charge is 2.15. The van der Waals surface area contributed by atoms with Gasteiger partial charge < -0.3 is 4.42 Å². The molecule has 2 aromatic carbocycles. The van der Waals surface area contributed by atoms with Crippen LogP contribution >= 0.6 is 39.1 Å². The van der Waals surface area contributed by atoms with Crippen molar-refractivity contribution in [2.45, 2.75) is 0 Å². The number of benzene rings is 2. The Kier molecular flexibility index (Phi) is 4.66. The van der Waals surface area contributed by atoms with Crippen LogP contribution in [0.4, 0.5) is 6.01 Å². The van der Waals surface area contributed by atoms with E-state index in [0.717, 1.165) is 10.0 Å². The smallest absolute Gasteiger partial charge is 0.322 e. The van der Waals surface area contributed by atoms with Gasteiger partial charge in [0.05, 0.1) is 10.6 Å². The van der Waals surface area contributed by atoms with Crippen LogP contribution in [0, 0.1) is 0 Å². The van der Waals surface area contributed by atoms with Gasteiger partial charge in [-0.2, -0.15) is 0 Å². The highest BCUT2D eigenvalue weighted by molar-refractivity contribution is 9.10. The zero-order chi connectivity index (χ0) is 16.4. The molecule has 0 fully saturated rings. The number of amides is 1. The molecule has 8 heteroatoms. The lowest BCUT2D eigenvalue weighted by Crippen LogP contribution is -2.12. The average molecular weight is 413 g/mol. The number of halogens is 3. The first-order valence-electron chi connectivity index (χ1n) is 6.39. The third-order valence-corrected chi connectivity index (χ3v) is 4.00. The monoisotopic (exact) mass is 411 g/mol. The van der Waals surface area contributed by atoms with Gasteiger partial charge in [-0.1, -0.05) is 44.2 Å². The third kappa shape index (κ3) is 3.72. The molecule has 0 saturated heterocycles. The number of hydrogen-bond acceptors (Lipinski definition) is 4. The van der Waals surface area contributed by atoms with Crippen LogP contribution in [0.1, 0.15) is 10.4 Å². The van der Waals surface area contributed by atoms with Crippen LogP contribution in [-0.4, -0.2) is 16.1 Å². The molecule has 1 N–H and O–H groups in total. The van der Waals surface area contributed by atoms with Crippen LogP contribution in [-0.2, 0) is 0 Å². The fraction of sp³-hybridized carbons (Fsp3) is 0. The zero-order valence-electron chi connectivity index (χ0n) is 11.4. The molecule has 3 aromatic rings. The Morgan fingerprint density at radius 1 is 1.09 bits per heavy atom. The molecule has 5 nitrogen and oxygen atoms in total. The van der Waals surface area contributed by atoms with E-state index in [2.05, 4.69) is 31.4 Å². The molecular formula is C15H8BrCl2N3O2. The quantitative estimate of drug-likeness (QED) is 0.652. The van der Waals surface area contributed by atoms with Crippen LogP contribution in [0.2, 0.25) is 10.0 Å². The molecule has 23 heavy (non-hydrogen) atoms. The number of aromatic nitrogens is 2. The van der Waals surface area contributed by atoms with Gasteiger partial charge in [0.25, 0.3) is 5.91 Å². The van der Waals surface area contributed by atoms with Gasteiger partial charge in [0.2, 0.25) is 5.89 Å². The van der Waals surface area contributed by atoms with Crippen LogP contribution in [0.3, 0.4) is 0 Å². The summed E-state index contributed by atoms with van der Waals surface area (Å²) in [5.74, 6) is -0.187. The van der Waals surface area contributed by atoms with E-state index < -0.39 is 5.91 Å². The Morgan fingerprint density at radius 2 is 1.83 bits per heavy atom. The summed E-state index contributed by atoms with van der Waals surface area (Å²) in [4.78, 5) is 12.2. The minimum atomic E-state index is -0.483. The molecule has 0 aliphatic heterocycles. The lowest BCUT2D eigenvalue weighted by molar-refractivity contribution is 0.102. The Labute approximate surface area is 149 Å². The van der Waals surface area contributed by atoms with Gasteiger partial charge in [0.15, 0.2) is 0 Å². The molecule has 116 valence electrons. The maximum absolute atomic E-state index is 12.2. The summed E-state index contributed by atoms with van der Waals surface area (Å²) in [6, 6.07) is 11.9. The van der Waals surface area contributed by atoms with Gasteiger partial charge in [0.1, 0.15) is 0 Å². The SMILES string of the molecule is O=C(Nc1nnc(-c2ccc(Br)cc2)o1)c1cc(Cl)ccc1Cl. The van der Waals surface area contributed by atoms with Crippen molar-refractivity contribution in [3.05, 3.63) is 62.5 Å². The Morgan fingerprint density at radius 3 is 2.57 bits per heavy atom. The highest BCUT2D eigenvalue weighted by atomic mass is 79.9. The predicted molar refractivity (Wildman–Crippen MR) is 91.8 cm³/mol. The highest BCUT2D eigenvalue weighted by Crippen LogP contribution is 2.24. The van der Waals surface area contributed by atoms with Crippen molar-refractivity contribution in [2.75, 3.05) is 5.32 Å². The summed E-state index contributed by atoms with van der Waals surface area (Å²) in [5, 5.41) is 10.9. The van der Waals surface area contributed by atoms with E-state index in [-0.39, 0.29) is 16.6 Å². The molecule has 3 rings (SSSR count). The largest absolute Gasteiger partial charge is 0.403 e. The predicted octanol–water partition coefficient (Wildman–Crippen LogP) is 5.06. The van der Waals surface area contributed by atoms with Crippen LogP contribution < -0.4 is 5.32 Å². The fourth-order valence-electron chi connectivity index (χ4n) is 1.82. The van der Waals surface area contributed by atoms with Crippen LogP contribution in [0.5, 0.6) is 0 Å². The lowest BCUT2D eigenvalue weighted by atomic mass is 10.2. The van der Waals surface area contributed by atoms with E-state index >= 15 is 0 Å². The normalized spacial score (nSPS) is 10.6. The first-order valence-corrected chi connectivity index (χ1v) is 7.93. The number of nitrogens with one attached hydrogen (secondary N) is 1. The maximum Gasteiger partial charge on any atom is 0.322 e. The van der Waals surface area contributed by atoms with Crippen molar-refractivity contribution in [3.63, 3.8) is 0 Å². The van der Waals surface area contributed by atoms with E-state index in [1.54, 1.807) is 12.1 Å². The van der Waals surface area contributed by atoms with Crippen LogP contribution in [0.15, 0.2) is 51.4 Å². The standard InChI is InChI=1S/C15H8BrCl2N3O2/c16-9-3-1-8(2-4-9)14-20-21-15(23-14)19-13(22)11-7-10(17)5-6-12(11)18/h1-7H,(H,19,21,22). The summed E-state index contributed by atoms with van der Waals surface area (Å²) in [7, 11) is 0. The summed E-state index contributed by atoms with van der Waals surface area (Å²) < 4.78 is 6.36. The minimum Gasteiger partial charge on any atom is -0.403 e. The lowest BCUT2D eigenvalue weighted by Gasteiger charge is -2.03.